The van der Waals surface area contributed by atoms with Gasteiger partial charge in [-0.05, 0) is 18.2 Å². The lowest BCUT2D eigenvalue weighted by molar-refractivity contribution is 0.249. The maximum Gasteiger partial charge on any atom is 0.320 e. The Bertz CT molecular complexity index is 910. The van der Waals surface area contributed by atoms with Crippen LogP contribution in [0.5, 0.6) is 5.75 Å². The van der Waals surface area contributed by atoms with Gasteiger partial charge in [0.1, 0.15) is 23.4 Å². The zero-order chi connectivity index (χ0) is 18.5. The topological polar surface area (TPSA) is 68.2 Å². The fourth-order valence-corrected chi connectivity index (χ4v) is 2.69. The molecular weight excluding hydrogens is 335 g/mol. The Labute approximate surface area is 150 Å². The number of hydrogen-bond acceptors (Lipinski definition) is 3. The van der Waals surface area contributed by atoms with Gasteiger partial charge in [-0.25, -0.2) is 14.2 Å². The number of carbonyl (C=O) groups excluding carboxylic acids is 1. The van der Waals surface area contributed by atoms with Crippen molar-refractivity contribution in [3.63, 3.8) is 0 Å². The van der Waals surface area contributed by atoms with Crippen molar-refractivity contribution in [3.05, 3.63) is 78.1 Å². The Kier molecular flexibility index (Phi) is 5.17. The van der Waals surface area contributed by atoms with E-state index in [1.54, 1.807) is 36.2 Å². The third-order valence-corrected chi connectivity index (χ3v) is 3.96. The van der Waals surface area contributed by atoms with Gasteiger partial charge in [0.05, 0.1) is 12.8 Å². The summed E-state index contributed by atoms with van der Waals surface area (Å²) in [7, 11) is 3.40. The molecule has 0 fully saturated rings. The highest BCUT2D eigenvalue weighted by molar-refractivity contribution is 5.89. The summed E-state index contributed by atoms with van der Waals surface area (Å²) in [5.41, 5.74) is 0.844. The Morgan fingerprint density at radius 3 is 2.62 bits per heavy atom. The number of nitrogens with one attached hydrogen (secondary N) is 2. The van der Waals surface area contributed by atoms with E-state index in [4.69, 9.17) is 4.74 Å². The number of aryl methyl sites for hydroxylation is 1. The molecule has 1 atom stereocenters. The number of urea groups is 1. The molecule has 0 spiro atoms. The number of ether oxygens (including phenoxy) is 1. The summed E-state index contributed by atoms with van der Waals surface area (Å²) < 4.78 is 21.0. The summed E-state index contributed by atoms with van der Waals surface area (Å²) in [5, 5.41) is 5.37. The molecule has 0 saturated heterocycles. The van der Waals surface area contributed by atoms with Gasteiger partial charge in [0.25, 0.3) is 0 Å². The van der Waals surface area contributed by atoms with Gasteiger partial charge >= 0.3 is 6.03 Å². The highest BCUT2D eigenvalue weighted by Crippen LogP contribution is 2.29. The van der Waals surface area contributed by atoms with Crippen molar-refractivity contribution in [2.24, 2.45) is 7.05 Å². The fourth-order valence-electron chi connectivity index (χ4n) is 2.69. The van der Waals surface area contributed by atoms with Crippen molar-refractivity contribution in [2.75, 3.05) is 12.4 Å². The molecule has 2 amide bonds. The summed E-state index contributed by atoms with van der Waals surface area (Å²) >= 11 is 0. The van der Waals surface area contributed by atoms with Gasteiger partial charge < -0.3 is 19.9 Å². The van der Waals surface area contributed by atoms with E-state index in [1.165, 1.54) is 12.1 Å². The zero-order valence-corrected chi connectivity index (χ0v) is 14.4. The molecule has 2 N–H and O–H groups in total. The third-order valence-electron chi connectivity index (χ3n) is 3.96. The minimum atomic E-state index is -0.571. The number of halogens is 1. The number of methoxy groups -OCH3 is 1. The number of hydrogen-bond donors (Lipinski definition) is 2. The Morgan fingerprint density at radius 2 is 1.92 bits per heavy atom. The van der Waals surface area contributed by atoms with Crippen LogP contribution in [0.1, 0.15) is 17.4 Å². The second-order valence-electron chi connectivity index (χ2n) is 5.65. The molecule has 1 heterocycles. The Balaban J connectivity index is 1.91. The van der Waals surface area contributed by atoms with Gasteiger partial charge in [-0.3, -0.25) is 0 Å². The molecule has 0 bridgehead atoms. The number of para-hydroxylation sites is 2. The molecule has 1 unspecified atom stereocenters. The van der Waals surface area contributed by atoms with Crippen LogP contribution in [0.15, 0.2) is 60.9 Å². The van der Waals surface area contributed by atoms with Crippen molar-refractivity contribution >= 4 is 11.7 Å². The number of aromatic nitrogens is 2. The molecule has 0 saturated carbocycles. The van der Waals surface area contributed by atoms with Crippen molar-refractivity contribution in [1.82, 2.24) is 14.9 Å². The van der Waals surface area contributed by atoms with Gasteiger partial charge in [-0.1, -0.05) is 30.3 Å². The summed E-state index contributed by atoms with van der Waals surface area (Å²) in [6, 6.07) is 12.2. The molecule has 6 nitrogen and oxygen atoms in total. The first kappa shape index (κ1) is 17.5. The highest BCUT2D eigenvalue weighted by Gasteiger charge is 2.24. The lowest BCUT2D eigenvalue weighted by Gasteiger charge is -2.21. The van der Waals surface area contributed by atoms with E-state index in [0.717, 1.165) is 5.56 Å². The predicted octanol–water partition coefficient (Wildman–Crippen LogP) is 3.48. The lowest BCUT2D eigenvalue weighted by atomic mass is 10.0. The SMILES string of the molecule is COc1ccccc1C(NC(=O)Nc1ccccc1F)c1nccn1C. The van der Waals surface area contributed by atoms with Crippen LogP contribution in [-0.4, -0.2) is 22.7 Å². The number of imidazole rings is 1. The van der Waals surface area contributed by atoms with Crippen LogP contribution in [0, 0.1) is 5.82 Å². The molecule has 7 heteroatoms. The van der Waals surface area contributed by atoms with E-state index in [0.29, 0.717) is 11.6 Å². The number of amides is 2. The molecule has 0 radical (unpaired) electrons. The summed E-state index contributed by atoms with van der Waals surface area (Å²) in [6.07, 6.45) is 3.43. The number of carbonyl (C=O) groups is 1. The Hall–Kier alpha value is -3.35. The van der Waals surface area contributed by atoms with Crippen LogP contribution in [0.3, 0.4) is 0 Å². The van der Waals surface area contributed by atoms with Crippen molar-refractivity contribution < 1.29 is 13.9 Å². The monoisotopic (exact) mass is 354 g/mol. The van der Waals surface area contributed by atoms with Crippen LogP contribution in [0.4, 0.5) is 14.9 Å². The van der Waals surface area contributed by atoms with Crippen LogP contribution >= 0.6 is 0 Å². The van der Waals surface area contributed by atoms with Gasteiger partial charge in [0, 0.05) is 25.0 Å². The van der Waals surface area contributed by atoms with Gasteiger partial charge in [-0.2, -0.15) is 0 Å². The molecule has 0 aliphatic rings. The highest BCUT2D eigenvalue weighted by atomic mass is 19.1. The first-order valence-corrected chi connectivity index (χ1v) is 8.02. The fraction of sp³-hybridized carbons (Fsp3) is 0.158. The van der Waals surface area contributed by atoms with E-state index in [9.17, 15) is 9.18 Å². The predicted molar refractivity (Wildman–Crippen MR) is 96.6 cm³/mol. The number of nitrogens with zero attached hydrogens (tertiary/aromatic N) is 2. The molecule has 134 valence electrons. The second-order valence-corrected chi connectivity index (χ2v) is 5.65. The van der Waals surface area contributed by atoms with Gasteiger partial charge in [-0.15, -0.1) is 0 Å². The van der Waals surface area contributed by atoms with Crippen LogP contribution in [0.25, 0.3) is 0 Å². The van der Waals surface area contributed by atoms with Crippen molar-refractivity contribution in [2.45, 2.75) is 6.04 Å². The van der Waals surface area contributed by atoms with E-state index in [1.807, 2.05) is 31.3 Å². The largest absolute Gasteiger partial charge is 0.496 e. The summed E-state index contributed by atoms with van der Waals surface area (Å²) in [5.74, 6) is 0.735. The normalized spacial score (nSPS) is 11.7. The van der Waals surface area contributed by atoms with Crippen molar-refractivity contribution in [3.8, 4) is 5.75 Å². The second kappa shape index (κ2) is 7.69. The summed E-state index contributed by atoms with van der Waals surface area (Å²) in [6.45, 7) is 0. The van der Waals surface area contributed by atoms with E-state index >= 15 is 0 Å². The first-order valence-electron chi connectivity index (χ1n) is 8.02. The van der Waals surface area contributed by atoms with Crippen LogP contribution in [0.2, 0.25) is 0 Å². The van der Waals surface area contributed by atoms with Gasteiger partial charge in [0.2, 0.25) is 0 Å². The Morgan fingerprint density at radius 1 is 1.19 bits per heavy atom. The molecule has 3 aromatic rings. The minimum Gasteiger partial charge on any atom is -0.496 e. The van der Waals surface area contributed by atoms with Crippen LogP contribution in [-0.2, 0) is 7.05 Å². The molecular formula is C19H19FN4O2. The number of anilines is 1. The maximum atomic E-state index is 13.8. The average molecular weight is 354 g/mol. The van der Waals surface area contributed by atoms with Crippen LogP contribution < -0.4 is 15.4 Å². The first-order chi connectivity index (χ1) is 12.6. The number of rotatable bonds is 5. The molecule has 3 rings (SSSR count). The minimum absolute atomic E-state index is 0.101. The third kappa shape index (κ3) is 3.66. The molecule has 0 aliphatic carbocycles. The maximum absolute atomic E-state index is 13.8. The number of benzene rings is 2. The molecule has 1 aromatic heterocycles. The van der Waals surface area contributed by atoms with Gasteiger partial charge in [0.15, 0.2) is 0 Å². The smallest absolute Gasteiger partial charge is 0.320 e. The summed E-state index contributed by atoms with van der Waals surface area (Å²) in [4.78, 5) is 16.8. The average Bonchev–Trinajstić information content (AvgIpc) is 3.07. The van der Waals surface area contributed by atoms with E-state index in [2.05, 4.69) is 15.6 Å². The van der Waals surface area contributed by atoms with E-state index < -0.39 is 17.9 Å². The molecule has 2 aromatic carbocycles. The zero-order valence-electron chi connectivity index (χ0n) is 14.4. The standard InChI is InChI=1S/C19H19FN4O2/c1-24-12-11-21-18(24)17(13-7-3-6-10-16(13)26-2)23-19(25)22-15-9-5-4-8-14(15)20/h3-12,17H,1-2H3,(H2,22,23,25). The van der Waals surface area contributed by atoms with Crippen molar-refractivity contribution in [1.29, 1.82) is 0 Å². The molecule has 0 aliphatic heterocycles. The quantitative estimate of drug-likeness (QED) is 0.737. The van der Waals surface area contributed by atoms with E-state index in [-0.39, 0.29) is 5.69 Å². The molecule has 26 heavy (non-hydrogen) atoms. The lowest BCUT2D eigenvalue weighted by Crippen LogP contribution is -2.35.